The smallest absolute Gasteiger partial charge is 0.241 e. The molecule has 1 unspecified atom stereocenters. The summed E-state index contributed by atoms with van der Waals surface area (Å²) in [6.45, 7) is 3.73. The van der Waals surface area contributed by atoms with Crippen LogP contribution in [-0.2, 0) is 10.0 Å². The number of aryl methyl sites for hydroxylation is 1. The summed E-state index contributed by atoms with van der Waals surface area (Å²) in [5, 5.41) is 2.59. The Hall–Kier alpha value is -1.44. The molecule has 0 spiro atoms. The number of nitrogens with one attached hydrogen (secondary N) is 1. The number of thiazole rings is 1. The number of rotatable bonds is 5. The first-order chi connectivity index (χ1) is 9.42. The zero-order chi connectivity index (χ0) is 14.8. The van der Waals surface area contributed by atoms with E-state index in [1.54, 1.807) is 18.3 Å². The van der Waals surface area contributed by atoms with Gasteiger partial charge in [0.2, 0.25) is 10.0 Å². The molecule has 20 heavy (non-hydrogen) atoms. The van der Waals surface area contributed by atoms with E-state index in [-0.39, 0.29) is 10.9 Å². The Morgan fingerprint density at radius 2 is 2.15 bits per heavy atom. The van der Waals surface area contributed by atoms with Gasteiger partial charge in [0, 0.05) is 17.3 Å². The maximum Gasteiger partial charge on any atom is 0.241 e. The van der Waals surface area contributed by atoms with Crippen LogP contribution >= 0.6 is 11.3 Å². The SMILES string of the molecule is CCC(NS(=O)(=O)c1cc(C)cc(N)c1)c1nccs1. The maximum atomic E-state index is 12.4. The highest BCUT2D eigenvalue weighted by Crippen LogP contribution is 2.23. The first-order valence-electron chi connectivity index (χ1n) is 6.21. The van der Waals surface area contributed by atoms with Crippen molar-refractivity contribution in [2.75, 3.05) is 5.73 Å². The molecule has 1 aromatic carbocycles. The van der Waals surface area contributed by atoms with Crippen LogP contribution in [0.25, 0.3) is 0 Å². The minimum Gasteiger partial charge on any atom is -0.399 e. The van der Waals surface area contributed by atoms with Gasteiger partial charge in [0.05, 0.1) is 10.9 Å². The van der Waals surface area contributed by atoms with Crippen LogP contribution in [0.3, 0.4) is 0 Å². The summed E-state index contributed by atoms with van der Waals surface area (Å²) in [6.07, 6.45) is 2.30. The lowest BCUT2D eigenvalue weighted by atomic mass is 10.2. The van der Waals surface area contributed by atoms with Crippen molar-refractivity contribution in [2.45, 2.75) is 31.2 Å². The molecular weight excluding hydrogens is 294 g/mol. The van der Waals surface area contributed by atoms with Crippen LogP contribution in [0, 0.1) is 6.92 Å². The molecule has 0 saturated carbocycles. The average molecular weight is 311 g/mol. The van der Waals surface area contributed by atoms with Gasteiger partial charge in [-0.3, -0.25) is 0 Å². The van der Waals surface area contributed by atoms with E-state index in [0.29, 0.717) is 12.1 Å². The van der Waals surface area contributed by atoms with Crippen molar-refractivity contribution >= 4 is 27.0 Å². The van der Waals surface area contributed by atoms with Crippen molar-refractivity contribution in [1.29, 1.82) is 0 Å². The molecule has 1 heterocycles. The van der Waals surface area contributed by atoms with E-state index < -0.39 is 10.0 Å². The highest BCUT2D eigenvalue weighted by molar-refractivity contribution is 7.89. The topological polar surface area (TPSA) is 85.1 Å². The molecule has 0 amide bonds. The summed E-state index contributed by atoms with van der Waals surface area (Å²) in [5.74, 6) is 0. The molecule has 1 aromatic heterocycles. The normalized spacial score (nSPS) is 13.3. The van der Waals surface area contributed by atoms with E-state index in [1.165, 1.54) is 17.4 Å². The fourth-order valence-electron chi connectivity index (χ4n) is 1.90. The molecule has 0 bridgehead atoms. The van der Waals surface area contributed by atoms with Crippen LogP contribution in [0.2, 0.25) is 0 Å². The standard InChI is InChI=1S/C13H17N3O2S2/c1-3-12(13-15-4-5-19-13)16-20(17,18)11-7-9(2)6-10(14)8-11/h4-8,12,16H,3,14H2,1-2H3. The minimum atomic E-state index is -3.61. The third-order valence-electron chi connectivity index (χ3n) is 2.84. The van der Waals surface area contributed by atoms with Crippen LogP contribution < -0.4 is 10.5 Å². The Kier molecular flexibility index (Phi) is 4.42. The molecular formula is C13H17N3O2S2. The van der Waals surface area contributed by atoms with Crippen LogP contribution in [-0.4, -0.2) is 13.4 Å². The lowest BCUT2D eigenvalue weighted by Crippen LogP contribution is -2.28. The van der Waals surface area contributed by atoms with Crippen molar-refractivity contribution in [3.8, 4) is 0 Å². The Morgan fingerprint density at radius 1 is 1.40 bits per heavy atom. The third kappa shape index (κ3) is 3.36. The molecule has 0 aliphatic rings. The average Bonchev–Trinajstić information content (AvgIpc) is 2.88. The largest absolute Gasteiger partial charge is 0.399 e. The Labute approximate surface area is 122 Å². The number of anilines is 1. The number of nitrogens with zero attached hydrogens (tertiary/aromatic N) is 1. The molecule has 1 atom stereocenters. The number of aromatic nitrogens is 1. The monoisotopic (exact) mass is 311 g/mol. The zero-order valence-corrected chi connectivity index (χ0v) is 13.0. The van der Waals surface area contributed by atoms with Gasteiger partial charge in [-0.1, -0.05) is 6.92 Å². The number of hydrogen-bond acceptors (Lipinski definition) is 5. The molecule has 108 valence electrons. The van der Waals surface area contributed by atoms with Crippen LogP contribution in [0.5, 0.6) is 0 Å². The lowest BCUT2D eigenvalue weighted by molar-refractivity contribution is 0.549. The summed E-state index contributed by atoms with van der Waals surface area (Å²) in [5.41, 5.74) is 6.96. The van der Waals surface area contributed by atoms with Gasteiger partial charge in [0.25, 0.3) is 0 Å². The van der Waals surface area contributed by atoms with Gasteiger partial charge in [-0.05, 0) is 37.1 Å². The van der Waals surface area contributed by atoms with Gasteiger partial charge >= 0.3 is 0 Å². The molecule has 0 radical (unpaired) electrons. The van der Waals surface area contributed by atoms with Gasteiger partial charge in [0.15, 0.2) is 0 Å². The zero-order valence-electron chi connectivity index (χ0n) is 11.3. The Morgan fingerprint density at radius 3 is 2.70 bits per heavy atom. The summed E-state index contributed by atoms with van der Waals surface area (Å²) in [6, 6.07) is 4.48. The molecule has 5 nitrogen and oxygen atoms in total. The molecule has 7 heteroatoms. The molecule has 0 aliphatic carbocycles. The van der Waals surface area contributed by atoms with Crippen LogP contribution in [0.15, 0.2) is 34.7 Å². The summed E-state index contributed by atoms with van der Waals surface area (Å²) in [4.78, 5) is 4.35. The second kappa shape index (κ2) is 5.90. The van der Waals surface area contributed by atoms with E-state index in [1.807, 2.05) is 19.2 Å². The van der Waals surface area contributed by atoms with Gasteiger partial charge in [-0.25, -0.2) is 18.1 Å². The second-order valence-corrected chi connectivity index (χ2v) is 7.17. The predicted molar refractivity (Wildman–Crippen MR) is 81.1 cm³/mol. The van der Waals surface area contributed by atoms with E-state index in [9.17, 15) is 8.42 Å². The molecule has 2 rings (SSSR count). The molecule has 0 aliphatic heterocycles. The second-order valence-electron chi connectivity index (χ2n) is 4.53. The van der Waals surface area contributed by atoms with E-state index in [2.05, 4.69) is 9.71 Å². The number of nitrogen functional groups attached to an aromatic ring is 1. The predicted octanol–water partition coefficient (Wildman–Crippen LogP) is 2.46. The Bertz CT molecular complexity index is 661. The summed E-state index contributed by atoms with van der Waals surface area (Å²) in [7, 11) is -3.61. The first-order valence-corrected chi connectivity index (χ1v) is 8.57. The van der Waals surface area contributed by atoms with Crippen molar-refractivity contribution in [1.82, 2.24) is 9.71 Å². The number of sulfonamides is 1. The first kappa shape index (κ1) is 15.0. The summed E-state index contributed by atoms with van der Waals surface area (Å²) >= 11 is 1.44. The fourth-order valence-corrected chi connectivity index (χ4v) is 4.17. The van der Waals surface area contributed by atoms with Gasteiger partial charge in [-0.15, -0.1) is 11.3 Å². The number of benzene rings is 1. The molecule has 3 N–H and O–H groups in total. The third-order valence-corrected chi connectivity index (χ3v) is 5.18. The maximum absolute atomic E-state index is 12.4. The Balaban J connectivity index is 2.30. The van der Waals surface area contributed by atoms with Crippen molar-refractivity contribution in [2.24, 2.45) is 0 Å². The molecule has 2 aromatic rings. The number of nitrogens with two attached hydrogens (primary N) is 1. The summed E-state index contributed by atoms with van der Waals surface area (Å²) < 4.78 is 27.5. The van der Waals surface area contributed by atoms with Gasteiger partial charge in [0.1, 0.15) is 5.01 Å². The van der Waals surface area contributed by atoms with E-state index in [0.717, 1.165) is 10.6 Å². The minimum absolute atomic E-state index is 0.185. The van der Waals surface area contributed by atoms with E-state index in [4.69, 9.17) is 5.73 Å². The quantitative estimate of drug-likeness (QED) is 0.831. The molecule has 0 saturated heterocycles. The van der Waals surface area contributed by atoms with Crippen molar-refractivity contribution in [3.63, 3.8) is 0 Å². The highest BCUT2D eigenvalue weighted by atomic mass is 32.2. The van der Waals surface area contributed by atoms with Crippen LogP contribution in [0.1, 0.15) is 30.0 Å². The highest BCUT2D eigenvalue weighted by Gasteiger charge is 2.22. The lowest BCUT2D eigenvalue weighted by Gasteiger charge is -2.15. The van der Waals surface area contributed by atoms with E-state index >= 15 is 0 Å². The van der Waals surface area contributed by atoms with Gasteiger partial charge < -0.3 is 5.73 Å². The number of hydrogen-bond donors (Lipinski definition) is 2. The van der Waals surface area contributed by atoms with Gasteiger partial charge in [-0.2, -0.15) is 0 Å². The fraction of sp³-hybridized carbons (Fsp3) is 0.308. The van der Waals surface area contributed by atoms with Crippen molar-refractivity contribution in [3.05, 3.63) is 40.3 Å². The van der Waals surface area contributed by atoms with Crippen molar-refractivity contribution < 1.29 is 8.42 Å². The molecule has 0 fully saturated rings. The van der Waals surface area contributed by atoms with Crippen LogP contribution in [0.4, 0.5) is 5.69 Å².